The first kappa shape index (κ1) is 12.0. The van der Waals surface area contributed by atoms with Crippen molar-refractivity contribution in [2.45, 2.75) is 19.8 Å². The molecule has 1 aliphatic heterocycles. The van der Waals surface area contributed by atoms with Gasteiger partial charge in [-0.1, -0.05) is 6.92 Å². The summed E-state index contributed by atoms with van der Waals surface area (Å²) in [5.41, 5.74) is 0. The van der Waals surface area contributed by atoms with E-state index in [9.17, 15) is 4.79 Å². The van der Waals surface area contributed by atoms with Gasteiger partial charge >= 0.3 is 24.8 Å². The van der Waals surface area contributed by atoms with Crippen molar-refractivity contribution in [2.24, 2.45) is 5.92 Å². The molecule has 1 aliphatic rings. The molecule has 1 rings (SSSR count). The van der Waals surface area contributed by atoms with Gasteiger partial charge in [-0.3, -0.25) is 4.79 Å². The molecule has 12 heavy (non-hydrogen) atoms. The number of rotatable bonds is 4. The molecule has 0 aromatic heterocycles. The number of aliphatic carboxylic acids is 1. The summed E-state index contributed by atoms with van der Waals surface area (Å²) in [7, 11) is 0. The van der Waals surface area contributed by atoms with E-state index in [0.717, 1.165) is 26.1 Å². The Morgan fingerprint density at radius 2 is 2.17 bits per heavy atom. The van der Waals surface area contributed by atoms with Crippen molar-refractivity contribution in [3.05, 3.63) is 0 Å². The number of hydrogen-bond acceptors (Lipinski definition) is 2. The van der Waals surface area contributed by atoms with E-state index in [0.29, 0.717) is 0 Å². The SMILES string of the molecule is CC[C@@H](CN1CCC1)C(=O)O.[LiH]. The Hall–Kier alpha value is 0.0274. The third kappa shape index (κ3) is 3.18. The summed E-state index contributed by atoms with van der Waals surface area (Å²) in [6, 6.07) is 0. The minimum absolute atomic E-state index is 0. The third-order valence-corrected chi connectivity index (χ3v) is 2.27. The van der Waals surface area contributed by atoms with Crippen LogP contribution in [0.2, 0.25) is 0 Å². The fraction of sp³-hybridized carbons (Fsp3) is 0.875. The molecular formula is C8H16LiNO2. The molecule has 1 atom stereocenters. The molecule has 4 heteroatoms. The predicted molar refractivity (Wildman–Crippen MR) is 49.6 cm³/mol. The molecule has 0 saturated carbocycles. The summed E-state index contributed by atoms with van der Waals surface area (Å²) in [4.78, 5) is 12.8. The summed E-state index contributed by atoms with van der Waals surface area (Å²) in [6.07, 6.45) is 1.97. The summed E-state index contributed by atoms with van der Waals surface area (Å²) in [5, 5.41) is 8.72. The van der Waals surface area contributed by atoms with Crippen molar-refractivity contribution in [1.29, 1.82) is 0 Å². The standard InChI is InChI=1S/C8H15NO2.Li.H/c1-2-7(8(10)11)6-9-4-3-5-9;;/h7H,2-6H2,1H3,(H,10,11);;/t7-;;/m0../s1. The number of likely N-dealkylation sites (tertiary alicyclic amines) is 1. The Bertz CT molecular complexity index is 148. The molecule has 0 bridgehead atoms. The van der Waals surface area contributed by atoms with E-state index < -0.39 is 5.97 Å². The number of carboxylic acids is 1. The van der Waals surface area contributed by atoms with Crippen LogP contribution in [0, 0.1) is 5.92 Å². The quantitative estimate of drug-likeness (QED) is 0.603. The van der Waals surface area contributed by atoms with Gasteiger partial charge in [0.15, 0.2) is 0 Å². The van der Waals surface area contributed by atoms with Crippen LogP contribution in [0.15, 0.2) is 0 Å². The molecule has 0 aromatic rings. The molecule has 1 heterocycles. The van der Waals surface area contributed by atoms with E-state index >= 15 is 0 Å². The molecule has 1 saturated heterocycles. The fourth-order valence-corrected chi connectivity index (χ4v) is 1.26. The van der Waals surface area contributed by atoms with E-state index in [-0.39, 0.29) is 24.8 Å². The molecule has 66 valence electrons. The first-order chi connectivity index (χ1) is 5.24. The van der Waals surface area contributed by atoms with Crippen molar-refractivity contribution in [1.82, 2.24) is 4.90 Å². The van der Waals surface area contributed by atoms with E-state index in [1.807, 2.05) is 6.92 Å². The second-order valence-corrected chi connectivity index (χ2v) is 3.10. The van der Waals surface area contributed by atoms with Crippen LogP contribution in [0.5, 0.6) is 0 Å². The second-order valence-electron chi connectivity index (χ2n) is 3.10. The van der Waals surface area contributed by atoms with Gasteiger partial charge in [0.05, 0.1) is 5.92 Å². The van der Waals surface area contributed by atoms with E-state index in [1.54, 1.807) is 0 Å². The van der Waals surface area contributed by atoms with Gasteiger partial charge in [0.2, 0.25) is 0 Å². The van der Waals surface area contributed by atoms with Crippen molar-refractivity contribution in [3.8, 4) is 0 Å². The van der Waals surface area contributed by atoms with Crippen molar-refractivity contribution >= 4 is 24.8 Å². The first-order valence-electron chi connectivity index (χ1n) is 4.19. The molecule has 3 nitrogen and oxygen atoms in total. The van der Waals surface area contributed by atoms with Crippen molar-refractivity contribution < 1.29 is 9.90 Å². The maximum absolute atomic E-state index is 10.6. The zero-order valence-corrected chi connectivity index (χ0v) is 6.92. The summed E-state index contributed by atoms with van der Waals surface area (Å²) < 4.78 is 0. The van der Waals surface area contributed by atoms with Crippen LogP contribution in [0.3, 0.4) is 0 Å². The number of hydrogen-bond donors (Lipinski definition) is 1. The number of carboxylic acid groups (broad SMARTS) is 1. The Balaban J connectivity index is 0.00000121. The molecule has 0 aliphatic carbocycles. The van der Waals surface area contributed by atoms with Crippen LogP contribution >= 0.6 is 0 Å². The molecule has 0 amide bonds. The molecule has 1 fully saturated rings. The average Bonchev–Trinajstić information content (AvgIpc) is 1.85. The molecular weight excluding hydrogens is 149 g/mol. The van der Waals surface area contributed by atoms with E-state index in [2.05, 4.69) is 4.90 Å². The third-order valence-electron chi connectivity index (χ3n) is 2.27. The van der Waals surface area contributed by atoms with Gasteiger partial charge in [0.25, 0.3) is 0 Å². The van der Waals surface area contributed by atoms with Gasteiger partial charge in [-0.2, -0.15) is 0 Å². The molecule has 0 aromatic carbocycles. The van der Waals surface area contributed by atoms with Gasteiger partial charge in [-0.25, -0.2) is 0 Å². The molecule has 1 N–H and O–H groups in total. The van der Waals surface area contributed by atoms with Gasteiger partial charge in [0, 0.05) is 6.54 Å². The maximum atomic E-state index is 10.6. The first-order valence-corrected chi connectivity index (χ1v) is 4.19. The monoisotopic (exact) mass is 165 g/mol. The van der Waals surface area contributed by atoms with Gasteiger partial charge < -0.3 is 10.0 Å². The topological polar surface area (TPSA) is 40.5 Å². The average molecular weight is 165 g/mol. The van der Waals surface area contributed by atoms with Crippen molar-refractivity contribution in [2.75, 3.05) is 19.6 Å². The number of carbonyl (C=O) groups is 1. The normalized spacial score (nSPS) is 19.1. The van der Waals surface area contributed by atoms with Crippen molar-refractivity contribution in [3.63, 3.8) is 0 Å². The summed E-state index contributed by atoms with van der Waals surface area (Å²) >= 11 is 0. The van der Waals surface area contributed by atoms with Crippen LogP contribution in [0.25, 0.3) is 0 Å². The second kappa shape index (κ2) is 5.64. The zero-order chi connectivity index (χ0) is 8.27. The van der Waals surface area contributed by atoms with E-state index in [1.165, 1.54) is 6.42 Å². The van der Waals surface area contributed by atoms with Gasteiger partial charge in [-0.05, 0) is 25.9 Å². The van der Waals surface area contributed by atoms with Crippen LogP contribution in [0.1, 0.15) is 19.8 Å². The minimum atomic E-state index is -0.653. The zero-order valence-electron chi connectivity index (χ0n) is 6.92. The van der Waals surface area contributed by atoms with Gasteiger partial charge in [0.1, 0.15) is 0 Å². The van der Waals surface area contributed by atoms with E-state index in [4.69, 9.17) is 5.11 Å². The Labute approximate surface area is 85.3 Å². The van der Waals surface area contributed by atoms with Crippen LogP contribution in [-0.2, 0) is 4.79 Å². The molecule has 0 spiro atoms. The molecule has 0 radical (unpaired) electrons. The Kier molecular flexibility index (Phi) is 5.65. The van der Waals surface area contributed by atoms with Gasteiger partial charge in [-0.15, -0.1) is 0 Å². The predicted octanol–water partition coefficient (Wildman–Crippen LogP) is 0.154. The Morgan fingerprint density at radius 1 is 1.58 bits per heavy atom. The summed E-state index contributed by atoms with van der Waals surface area (Å²) in [5.74, 6) is -0.810. The molecule has 0 unspecified atom stereocenters. The van der Waals surface area contributed by atoms with Crippen LogP contribution in [0.4, 0.5) is 0 Å². The fourth-order valence-electron chi connectivity index (χ4n) is 1.26. The summed E-state index contributed by atoms with van der Waals surface area (Å²) in [6.45, 7) is 4.85. The van der Waals surface area contributed by atoms with Crippen LogP contribution < -0.4 is 0 Å². The Morgan fingerprint density at radius 3 is 2.42 bits per heavy atom. The van der Waals surface area contributed by atoms with Crippen LogP contribution in [-0.4, -0.2) is 54.5 Å². The number of nitrogens with zero attached hydrogens (tertiary/aromatic N) is 1.